The van der Waals surface area contributed by atoms with Gasteiger partial charge in [-0.3, -0.25) is 0 Å². The second-order valence-electron chi connectivity index (χ2n) is 8.78. The van der Waals surface area contributed by atoms with Gasteiger partial charge < -0.3 is 0 Å². The Kier molecular flexibility index (Phi) is 7.23. The van der Waals surface area contributed by atoms with Crippen molar-refractivity contribution in [3.05, 3.63) is 83.7 Å². The molecule has 0 amide bonds. The number of alkyl halides is 3. The molecule has 1 saturated carbocycles. The van der Waals surface area contributed by atoms with Crippen molar-refractivity contribution >= 4 is 29.7 Å². The molecule has 0 unspecified atom stereocenters. The number of sulfonamides is 1. The van der Waals surface area contributed by atoms with Crippen LogP contribution in [0.25, 0.3) is 0 Å². The van der Waals surface area contributed by atoms with E-state index in [1.807, 2.05) is 0 Å². The fraction of sp³-hybridized carbons (Fsp3) is 0.250. The van der Waals surface area contributed by atoms with Crippen LogP contribution in [0.2, 0.25) is 0 Å². The summed E-state index contributed by atoms with van der Waals surface area (Å²) in [5.74, 6) is -0.991. The van der Waals surface area contributed by atoms with Crippen LogP contribution in [0.1, 0.15) is 42.9 Å². The third kappa shape index (κ3) is 5.35. The van der Waals surface area contributed by atoms with E-state index < -0.39 is 66.6 Å². The van der Waals surface area contributed by atoms with Crippen LogP contribution in [0.5, 0.6) is 0 Å². The number of hydrogen-bond donors (Lipinski definition) is 1. The van der Waals surface area contributed by atoms with Crippen molar-refractivity contribution in [2.75, 3.05) is 0 Å². The van der Waals surface area contributed by atoms with E-state index in [0.717, 1.165) is 62.2 Å². The number of sulfone groups is 2. The molecule has 4 rings (SSSR count). The normalized spacial score (nSPS) is 15.8. The largest absolute Gasteiger partial charge is 0.511 e. The Hall–Kier alpha value is -2.81. The quantitative estimate of drug-likeness (QED) is 0.374. The molecule has 1 aliphatic rings. The Balaban J connectivity index is 1.76. The molecular weight excluding hydrogens is 570 g/mol. The lowest BCUT2D eigenvalue weighted by molar-refractivity contribution is -0.0450. The van der Waals surface area contributed by atoms with Gasteiger partial charge in [-0.15, -0.1) is 0 Å². The molecule has 3 aromatic carbocycles. The molecule has 1 aliphatic carbocycles. The maximum absolute atomic E-state index is 14.5. The van der Waals surface area contributed by atoms with Gasteiger partial charge in [0.15, 0.2) is 0 Å². The summed E-state index contributed by atoms with van der Waals surface area (Å²) in [6, 6.07) is 11.4. The van der Waals surface area contributed by atoms with E-state index in [1.54, 1.807) is 0 Å². The predicted octanol–water partition coefficient (Wildman–Crippen LogP) is 4.87. The Bertz CT molecular complexity index is 1700. The van der Waals surface area contributed by atoms with Gasteiger partial charge in [0.1, 0.15) is 10.7 Å². The van der Waals surface area contributed by atoms with Gasteiger partial charge in [-0.1, -0.05) is 30.3 Å². The van der Waals surface area contributed by atoms with Gasteiger partial charge in [0.25, 0.3) is 0 Å². The van der Waals surface area contributed by atoms with Gasteiger partial charge in [-0.05, 0) is 73.2 Å². The van der Waals surface area contributed by atoms with Crippen molar-refractivity contribution in [2.24, 2.45) is 0 Å². The van der Waals surface area contributed by atoms with Gasteiger partial charge in [0, 0.05) is 6.04 Å². The molecule has 204 valence electrons. The lowest BCUT2D eigenvalue weighted by Gasteiger charge is -2.17. The Morgan fingerprint density at radius 2 is 1.39 bits per heavy atom. The molecule has 0 aliphatic heterocycles. The lowest BCUT2D eigenvalue weighted by Crippen LogP contribution is -2.37. The van der Waals surface area contributed by atoms with E-state index in [0.29, 0.717) is 5.56 Å². The molecule has 38 heavy (non-hydrogen) atoms. The van der Waals surface area contributed by atoms with E-state index in [4.69, 9.17) is 0 Å². The van der Waals surface area contributed by atoms with Gasteiger partial charge in [-0.2, -0.15) is 13.2 Å². The third-order valence-electron chi connectivity index (χ3n) is 6.05. The zero-order chi connectivity index (χ0) is 28.1. The minimum Gasteiger partial charge on any atom is -0.218 e. The second-order valence-corrected chi connectivity index (χ2v) is 14.3. The van der Waals surface area contributed by atoms with Crippen LogP contribution >= 0.6 is 0 Å². The Morgan fingerprint density at radius 3 is 1.95 bits per heavy atom. The van der Waals surface area contributed by atoms with Crippen LogP contribution in [0.15, 0.2) is 86.3 Å². The SMILES string of the molecule is C[C@H](NS(=O)(=O)C(F)(F)F)c1ccc(S(=O)(=O)c2ccc(C3CC3)cc2S(=O)(=O)c2ccccc2F)cc1. The third-order valence-corrected chi connectivity index (χ3v) is 11.1. The van der Waals surface area contributed by atoms with Crippen molar-refractivity contribution in [1.82, 2.24) is 4.72 Å². The van der Waals surface area contributed by atoms with Gasteiger partial charge >= 0.3 is 15.5 Å². The zero-order valence-electron chi connectivity index (χ0n) is 19.6. The highest BCUT2D eigenvalue weighted by atomic mass is 32.2. The highest BCUT2D eigenvalue weighted by molar-refractivity contribution is 7.94. The van der Waals surface area contributed by atoms with Gasteiger partial charge in [0.2, 0.25) is 19.7 Å². The van der Waals surface area contributed by atoms with E-state index in [1.165, 1.54) is 29.0 Å². The second kappa shape index (κ2) is 9.74. The average Bonchev–Trinajstić information content (AvgIpc) is 3.68. The molecule has 0 aromatic heterocycles. The summed E-state index contributed by atoms with van der Waals surface area (Å²) in [4.78, 5) is -2.27. The number of benzene rings is 3. The summed E-state index contributed by atoms with van der Waals surface area (Å²) in [5, 5.41) is 0. The first kappa shape index (κ1) is 28.2. The lowest BCUT2D eigenvalue weighted by atomic mass is 10.1. The average molecular weight is 592 g/mol. The summed E-state index contributed by atoms with van der Waals surface area (Å²) in [6.45, 7) is 1.14. The first-order valence-electron chi connectivity index (χ1n) is 11.1. The first-order chi connectivity index (χ1) is 17.6. The molecule has 0 saturated heterocycles. The summed E-state index contributed by atoms with van der Waals surface area (Å²) in [5.41, 5.74) is -4.91. The van der Waals surface area contributed by atoms with Gasteiger partial charge in [-0.25, -0.2) is 34.4 Å². The Labute approximate surface area is 217 Å². The summed E-state index contributed by atoms with van der Waals surface area (Å²) in [7, 11) is -14.8. The van der Waals surface area contributed by atoms with E-state index >= 15 is 0 Å². The fourth-order valence-electron chi connectivity index (χ4n) is 3.84. The number of halogens is 4. The highest BCUT2D eigenvalue weighted by Gasteiger charge is 2.46. The van der Waals surface area contributed by atoms with Crippen LogP contribution in [0.4, 0.5) is 17.6 Å². The molecule has 1 N–H and O–H groups in total. The van der Waals surface area contributed by atoms with Crippen molar-refractivity contribution < 1.29 is 42.8 Å². The highest BCUT2D eigenvalue weighted by Crippen LogP contribution is 2.43. The monoisotopic (exact) mass is 591 g/mol. The Morgan fingerprint density at radius 1 is 0.789 bits per heavy atom. The molecule has 3 aromatic rings. The molecule has 0 bridgehead atoms. The van der Waals surface area contributed by atoms with Crippen LogP contribution in [-0.2, 0) is 29.7 Å². The summed E-state index contributed by atoms with van der Waals surface area (Å²) in [6.07, 6.45) is 1.59. The van der Waals surface area contributed by atoms with E-state index in [9.17, 15) is 42.8 Å². The minimum absolute atomic E-state index is 0.0278. The molecule has 0 radical (unpaired) electrons. The number of nitrogens with one attached hydrogen (secondary N) is 1. The number of hydrogen-bond acceptors (Lipinski definition) is 6. The van der Waals surface area contributed by atoms with Crippen LogP contribution in [-0.4, -0.2) is 30.8 Å². The minimum atomic E-state index is -5.65. The van der Waals surface area contributed by atoms with E-state index in [2.05, 4.69) is 0 Å². The number of rotatable bonds is 8. The van der Waals surface area contributed by atoms with Crippen LogP contribution in [0.3, 0.4) is 0 Å². The summed E-state index contributed by atoms with van der Waals surface area (Å²) < 4.78 is 131. The van der Waals surface area contributed by atoms with Crippen molar-refractivity contribution in [3.63, 3.8) is 0 Å². The van der Waals surface area contributed by atoms with Crippen molar-refractivity contribution in [2.45, 2.75) is 56.8 Å². The zero-order valence-corrected chi connectivity index (χ0v) is 22.1. The van der Waals surface area contributed by atoms with Crippen molar-refractivity contribution in [1.29, 1.82) is 0 Å². The maximum Gasteiger partial charge on any atom is 0.511 e. The fourth-order valence-corrected chi connectivity index (χ4v) is 7.99. The van der Waals surface area contributed by atoms with Crippen LogP contribution < -0.4 is 4.72 Å². The first-order valence-corrected chi connectivity index (χ1v) is 15.6. The van der Waals surface area contributed by atoms with Crippen molar-refractivity contribution in [3.8, 4) is 0 Å². The smallest absolute Gasteiger partial charge is 0.218 e. The molecular formula is C24H21F4NO6S3. The maximum atomic E-state index is 14.5. The van der Waals surface area contributed by atoms with E-state index in [-0.39, 0.29) is 11.5 Å². The molecule has 7 nitrogen and oxygen atoms in total. The summed E-state index contributed by atoms with van der Waals surface area (Å²) >= 11 is 0. The predicted molar refractivity (Wildman–Crippen MR) is 129 cm³/mol. The molecule has 0 heterocycles. The standard InChI is InChI=1S/C24H21F4NO6S3/c1-15(29-38(34,35)24(26,27)28)16-8-11-19(12-9-16)36(30,31)22-13-10-18(17-6-7-17)14-23(22)37(32,33)21-5-3-2-4-20(21)25/h2-5,8-15,17,29H,6-7H2,1H3/t15-/m0/s1. The molecule has 14 heteroatoms. The molecule has 1 atom stereocenters. The molecule has 0 spiro atoms. The van der Waals surface area contributed by atoms with Gasteiger partial charge in [0.05, 0.1) is 14.7 Å². The van der Waals surface area contributed by atoms with Crippen LogP contribution in [0, 0.1) is 5.82 Å². The molecule has 1 fully saturated rings. The topological polar surface area (TPSA) is 114 Å².